The van der Waals surface area contributed by atoms with Crippen LogP contribution in [0.2, 0.25) is 0 Å². The van der Waals surface area contributed by atoms with Gasteiger partial charge in [-0.05, 0) is 24.6 Å². The number of piperazine rings is 1. The fraction of sp³-hybridized carbons (Fsp3) is 0.381. The van der Waals surface area contributed by atoms with E-state index in [-0.39, 0.29) is 17.6 Å². The molecule has 1 aromatic heterocycles. The first-order valence-corrected chi connectivity index (χ1v) is 9.62. The summed E-state index contributed by atoms with van der Waals surface area (Å²) in [4.78, 5) is 32.7. The van der Waals surface area contributed by atoms with Crippen molar-refractivity contribution < 1.29 is 14.0 Å². The molecule has 1 aliphatic heterocycles. The van der Waals surface area contributed by atoms with E-state index in [4.69, 9.17) is 0 Å². The summed E-state index contributed by atoms with van der Waals surface area (Å²) in [6, 6.07) is 8.24. The molecule has 0 atom stereocenters. The van der Waals surface area contributed by atoms with E-state index in [1.54, 1.807) is 29.2 Å². The van der Waals surface area contributed by atoms with Crippen molar-refractivity contribution in [3.05, 3.63) is 59.7 Å². The molecular formula is C21H25FN4O2. The maximum Gasteiger partial charge on any atom is 0.255 e. The summed E-state index contributed by atoms with van der Waals surface area (Å²) >= 11 is 0. The molecule has 3 rings (SSSR count). The lowest BCUT2D eigenvalue weighted by molar-refractivity contribution is 0.0746. The minimum absolute atomic E-state index is 0.163. The van der Waals surface area contributed by atoms with Crippen molar-refractivity contribution in [1.29, 1.82) is 0 Å². The molecule has 0 spiro atoms. The van der Waals surface area contributed by atoms with Crippen molar-refractivity contribution >= 4 is 17.5 Å². The summed E-state index contributed by atoms with van der Waals surface area (Å²) in [6.45, 7) is 4.74. The van der Waals surface area contributed by atoms with Gasteiger partial charge in [-0.3, -0.25) is 14.6 Å². The molecule has 1 saturated heterocycles. The number of benzene rings is 1. The first kappa shape index (κ1) is 19.8. The third-order valence-electron chi connectivity index (χ3n) is 4.82. The van der Waals surface area contributed by atoms with E-state index in [0.29, 0.717) is 49.5 Å². The van der Waals surface area contributed by atoms with Crippen LogP contribution in [0, 0.1) is 5.82 Å². The van der Waals surface area contributed by atoms with Gasteiger partial charge in [-0.15, -0.1) is 0 Å². The molecule has 2 amide bonds. The Bertz CT molecular complexity index is 835. The van der Waals surface area contributed by atoms with Crippen LogP contribution in [-0.2, 0) is 0 Å². The van der Waals surface area contributed by atoms with Crippen LogP contribution in [0.3, 0.4) is 0 Å². The van der Waals surface area contributed by atoms with Crippen LogP contribution < -0.4 is 10.2 Å². The first-order chi connectivity index (χ1) is 13.6. The Kier molecular flexibility index (Phi) is 6.57. The predicted molar refractivity (Wildman–Crippen MR) is 106 cm³/mol. The van der Waals surface area contributed by atoms with Gasteiger partial charge in [-0.25, -0.2) is 4.39 Å². The second kappa shape index (κ2) is 9.30. The summed E-state index contributed by atoms with van der Waals surface area (Å²) in [6.07, 6.45) is 4.85. The van der Waals surface area contributed by atoms with E-state index in [1.807, 2.05) is 4.90 Å². The van der Waals surface area contributed by atoms with Gasteiger partial charge in [0.15, 0.2) is 0 Å². The highest BCUT2D eigenvalue weighted by Crippen LogP contribution is 2.20. The van der Waals surface area contributed by atoms with Crippen LogP contribution in [-0.4, -0.2) is 54.4 Å². The second-order valence-electron chi connectivity index (χ2n) is 6.80. The van der Waals surface area contributed by atoms with Gasteiger partial charge in [0.25, 0.3) is 11.8 Å². The van der Waals surface area contributed by atoms with Gasteiger partial charge in [0.1, 0.15) is 5.82 Å². The molecule has 0 aliphatic carbocycles. The van der Waals surface area contributed by atoms with Crippen LogP contribution in [0.15, 0.2) is 42.7 Å². The number of unbranched alkanes of at least 4 members (excludes halogenated alkanes) is 1. The van der Waals surface area contributed by atoms with Gasteiger partial charge in [-0.2, -0.15) is 0 Å². The fourth-order valence-electron chi connectivity index (χ4n) is 3.20. The van der Waals surface area contributed by atoms with Crippen molar-refractivity contribution in [1.82, 2.24) is 15.2 Å². The van der Waals surface area contributed by atoms with E-state index in [2.05, 4.69) is 17.2 Å². The molecular weight excluding hydrogens is 359 g/mol. The zero-order valence-electron chi connectivity index (χ0n) is 16.0. The minimum atomic E-state index is -0.256. The fourth-order valence-corrected chi connectivity index (χ4v) is 3.20. The van der Waals surface area contributed by atoms with Gasteiger partial charge < -0.3 is 15.1 Å². The summed E-state index contributed by atoms with van der Waals surface area (Å²) in [5.41, 5.74) is 1.33. The van der Waals surface area contributed by atoms with Gasteiger partial charge in [0.05, 0.1) is 16.8 Å². The van der Waals surface area contributed by atoms with Gasteiger partial charge in [0.2, 0.25) is 0 Å². The molecule has 0 radical (unpaired) electrons. The first-order valence-electron chi connectivity index (χ1n) is 9.62. The number of hydrogen-bond acceptors (Lipinski definition) is 4. The standard InChI is InChI=1S/C21H25FN4O2/c1-2-3-8-24-20(27)16-13-17(15-23-14-16)21(28)26-11-9-25(10-12-26)19-7-5-4-6-18(19)22/h4-7,13-15H,2-3,8-12H2,1H3,(H,24,27). The largest absolute Gasteiger partial charge is 0.366 e. The number of carbonyl (C=O) groups is 2. The average molecular weight is 384 g/mol. The Balaban J connectivity index is 1.61. The van der Waals surface area contributed by atoms with Crippen molar-refractivity contribution in [3.8, 4) is 0 Å². The predicted octanol–water partition coefficient (Wildman–Crippen LogP) is 2.71. The lowest BCUT2D eigenvalue weighted by atomic mass is 10.1. The third-order valence-corrected chi connectivity index (χ3v) is 4.82. The Hall–Kier alpha value is -2.96. The molecule has 7 heteroatoms. The minimum Gasteiger partial charge on any atom is -0.366 e. The van der Waals surface area contributed by atoms with E-state index < -0.39 is 0 Å². The lowest BCUT2D eigenvalue weighted by Crippen LogP contribution is -2.49. The van der Waals surface area contributed by atoms with Crippen molar-refractivity contribution in [3.63, 3.8) is 0 Å². The number of hydrogen-bond donors (Lipinski definition) is 1. The van der Waals surface area contributed by atoms with Crippen LogP contribution in [0.5, 0.6) is 0 Å². The number of pyridine rings is 1. The maximum atomic E-state index is 14.0. The van der Waals surface area contributed by atoms with Crippen LogP contribution in [0.4, 0.5) is 10.1 Å². The molecule has 1 aliphatic rings. The molecule has 1 N–H and O–H groups in total. The van der Waals surface area contributed by atoms with Crippen molar-refractivity contribution in [2.24, 2.45) is 0 Å². The summed E-state index contributed by atoms with van der Waals surface area (Å²) in [5, 5.41) is 2.83. The molecule has 1 aromatic carbocycles. The second-order valence-corrected chi connectivity index (χ2v) is 6.80. The third kappa shape index (κ3) is 4.65. The van der Waals surface area contributed by atoms with E-state index in [9.17, 15) is 14.0 Å². The molecule has 6 nitrogen and oxygen atoms in total. The highest BCUT2D eigenvalue weighted by molar-refractivity contribution is 5.99. The van der Waals surface area contributed by atoms with Crippen molar-refractivity contribution in [2.75, 3.05) is 37.6 Å². The average Bonchev–Trinajstić information content (AvgIpc) is 2.74. The van der Waals surface area contributed by atoms with E-state index in [0.717, 1.165) is 12.8 Å². The smallest absolute Gasteiger partial charge is 0.255 e. The number of anilines is 1. The van der Waals surface area contributed by atoms with Gasteiger partial charge in [-0.1, -0.05) is 25.5 Å². The zero-order valence-corrected chi connectivity index (χ0v) is 16.0. The highest BCUT2D eigenvalue weighted by Gasteiger charge is 2.24. The topological polar surface area (TPSA) is 65.5 Å². The molecule has 0 bridgehead atoms. The number of para-hydroxylation sites is 1. The van der Waals surface area contributed by atoms with Crippen LogP contribution in [0.25, 0.3) is 0 Å². The number of rotatable bonds is 6. The number of aromatic nitrogens is 1. The van der Waals surface area contributed by atoms with Crippen molar-refractivity contribution in [2.45, 2.75) is 19.8 Å². The summed E-state index contributed by atoms with van der Waals surface area (Å²) < 4.78 is 14.0. The molecule has 28 heavy (non-hydrogen) atoms. The number of amides is 2. The molecule has 2 heterocycles. The number of nitrogens with zero attached hydrogens (tertiary/aromatic N) is 3. The Morgan fingerprint density at radius 2 is 1.82 bits per heavy atom. The molecule has 2 aromatic rings. The SMILES string of the molecule is CCCCNC(=O)c1cncc(C(=O)N2CCN(c3ccccc3F)CC2)c1. The Labute approximate surface area is 164 Å². The molecule has 0 unspecified atom stereocenters. The number of nitrogens with one attached hydrogen (secondary N) is 1. The van der Waals surface area contributed by atoms with E-state index in [1.165, 1.54) is 18.5 Å². The van der Waals surface area contributed by atoms with Crippen LogP contribution in [0.1, 0.15) is 40.5 Å². The number of halogens is 1. The van der Waals surface area contributed by atoms with Crippen LogP contribution >= 0.6 is 0 Å². The zero-order chi connectivity index (χ0) is 19.9. The Morgan fingerprint density at radius 1 is 1.11 bits per heavy atom. The highest BCUT2D eigenvalue weighted by atomic mass is 19.1. The molecule has 1 fully saturated rings. The lowest BCUT2D eigenvalue weighted by Gasteiger charge is -2.36. The Morgan fingerprint density at radius 3 is 2.54 bits per heavy atom. The quantitative estimate of drug-likeness (QED) is 0.778. The maximum absolute atomic E-state index is 14.0. The molecule has 148 valence electrons. The monoisotopic (exact) mass is 384 g/mol. The van der Waals surface area contributed by atoms with Gasteiger partial charge in [0, 0.05) is 45.1 Å². The summed E-state index contributed by atoms with van der Waals surface area (Å²) in [7, 11) is 0. The normalized spacial score (nSPS) is 14.1. The summed E-state index contributed by atoms with van der Waals surface area (Å²) in [5.74, 6) is -0.642. The van der Waals surface area contributed by atoms with E-state index >= 15 is 0 Å². The number of carbonyl (C=O) groups excluding carboxylic acids is 2. The molecule has 0 saturated carbocycles. The van der Waals surface area contributed by atoms with Gasteiger partial charge >= 0.3 is 0 Å².